The minimum Gasteiger partial charge on any atom is -0.618 e. The molecular weight excluding hydrogens is 160 g/mol. The van der Waals surface area contributed by atoms with Gasteiger partial charge >= 0.3 is 0 Å². The molecule has 0 aliphatic carbocycles. The van der Waals surface area contributed by atoms with Crippen LogP contribution in [-0.2, 0) is 0 Å². The highest BCUT2D eigenvalue weighted by Gasteiger charge is 2.07. The Morgan fingerprint density at radius 3 is 3.18 bits per heavy atom. The van der Waals surface area contributed by atoms with E-state index < -0.39 is 0 Å². The molecule has 11 heavy (non-hydrogen) atoms. The number of aryl methyl sites for hydroxylation is 1. The predicted octanol–water partition coefficient (Wildman–Crippen LogP) is 1.24. The van der Waals surface area contributed by atoms with E-state index in [0.29, 0.717) is 4.83 Å². The van der Waals surface area contributed by atoms with Crippen LogP contribution in [0.3, 0.4) is 0 Å². The highest BCUT2D eigenvalue weighted by atomic mass is 32.1. The maximum Gasteiger partial charge on any atom is 0.299 e. The maximum atomic E-state index is 11.1. The van der Waals surface area contributed by atoms with E-state index in [2.05, 4.69) is 4.37 Å². The van der Waals surface area contributed by atoms with Gasteiger partial charge in [-0.3, -0.25) is 0 Å². The molecule has 3 nitrogen and oxygen atoms in total. The first-order valence-corrected chi connectivity index (χ1v) is 4.00. The van der Waals surface area contributed by atoms with Crippen LogP contribution in [0.15, 0.2) is 18.3 Å². The van der Waals surface area contributed by atoms with Crippen LogP contribution in [0.2, 0.25) is 0 Å². The molecule has 0 saturated carbocycles. The molecule has 0 unspecified atom stereocenters. The van der Waals surface area contributed by atoms with Gasteiger partial charge in [-0.05, 0) is 13.0 Å². The molecule has 0 aliphatic heterocycles. The first-order chi connectivity index (χ1) is 5.29. The second-order valence-corrected chi connectivity index (χ2v) is 3.07. The van der Waals surface area contributed by atoms with Gasteiger partial charge < -0.3 is 5.21 Å². The second-order valence-electron chi connectivity index (χ2n) is 2.32. The topological polar surface area (TPSA) is 39.8 Å². The van der Waals surface area contributed by atoms with E-state index in [-0.39, 0.29) is 0 Å². The van der Waals surface area contributed by atoms with E-state index >= 15 is 0 Å². The first kappa shape index (κ1) is 6.54. The van der Waals surface area contributed by atoms with Crippen LogP contribution < -0.4 is 4.73 Å². The summed E-state index contributed by atoms with van der Waals surface area (Å²) in [5, 5.41) is 12.0. The zero-order valence-corrected chi connectivity index (χ0v) is 6.76. The molecule has 0 amide bonds. The number of hydrogen-bond donors (Lipinski definition) is 0. The lowest BCUT2D eigenvalue weighted by Gasteiger charge is -1.93. The molecule has 0 spiro atoms. The molecule has 0 bridgehead atoms. The molecule has 0 aliphatic rings. The minimum absolute atomic E-state index is 0.685. The molecule has 4 heteroatoms. The third-order valence-electron chi connectivity index (χ3n) is 1.57. The van der Waals surface area contributed by atoms with Gasteiger partial charge in [-0.15, -0.1) is 0 Å². The van der Waals surface area contributed by atoms with E-state index in [1.807, 2.05) is 13.0 Å². The molecule has 0 fully saturated rings. The van der Waals surface area contributed by atoms with Crippen molar-refractivity contribution in [2.45, 2.75) is 6.92 Å². The number of hydrogen-bond acceptors (Lipinski definition) is 3. The van der Waals surface area contributed by atoms with Crippen molar-refractivity contribution in [1.29, 1.82) is 0 Å². The van der Waals surface area contributed by atoms with Crippen LogP contribution in [-0.4, -0.2) is 4.37 Å². The van der Waals surface area contributed by atoms with Gasteiger partial charge in [0.1, 0.15) is 0 Å². The van der Waals surface area contributed by atoms with Crippen molar-refractivity contribution < 1.29 is 4.73 Å². The van der Waals surface area contributed by atoms with Crippen molar-refractivity contribution in [2.75, 3.05) is 0 Å². The van der Waals surface area contributed by atoms with Crippen molar-refractivity contribution in [1.82, 2.24) is 4.37 Å². The molecule has 0 aromatic carbocycles. The molecule has 0 radical (unpaired) electrons. The lowest BCUT2D eigenvalue weighted by Crippen LogP contribution is -2.24. The van der Waals surface area contributed by atoms with E-state index in [1.165, 1.54) is 17.7 Å². The zero-order chi connectivity index (χ0) is 7.84. The van der Waals surface area contributed by atoms with Gasteiger partial charge in [-0.25, -0.2) is 0 Å². The van der Waals surface area contributed by atoms with E-state index in [9.17, 15) is 5.21 Å². The fraction of sp³-hybridized carbons (Fsp3) is 0.143. The van der Waals surface area contributed by atoms with E-state index in [1.54, 1.807) is 6.07 Å². The SMILES string of the molecule is Cc1nsc2c1ccc[n+]2[O-]. The van der Waals surface area contributed by atoms with Gasteiger partial charge in [0, 0.05) is 17.6 Å². The smallest absolute Gasteiger partial charge is 0.299 e. The molecule has 0 N–H and O–H groups in total. The van der Waals surface area contributed by atoms with Crippen LogP contribution in [0, 0.1) is 12.1 Å². The molecule has 2 aromatic rings. The largest absolute Gasteiger partial charge is 0.618 e. The lowest BCUT2D eigenvalue weighted by molar-refractivity contribution is -0.574. The third kappa shape index (κ3) is 0.867. The Kier molecular flexibility index (Phi) is 1.29. The highest BCUT2D eigenvalue weighted by molar-refractivity contribution is 7.12. The van der Waals surface area contributed by atoms with Crippen LogP contribution in [0.1, 0.15) is 5.69 Å². The van der Waals surface area contributed by atoms with Crippen molar-refractivity contribution in [3.8, 4) is 0 Å². The fourth-order valence-electron chi connectivity index (χ4n) is 1.00. The summed E-state index contributed by atoms with van der Waals surface area (Å²) in [4.78, 5) is 0.685. The number of aromatic nitrogens is 2. The summed E-state index contributed by atoms with van der Waals surface area (Å²) in [6.45, 7) is 1.90. The molecular formula is C7H6N2OS. The third-order valence-corrected chi connectivity index (χ3v) is 2.51. The molecule has 2 rings (SSSR count). The summed E-state index contributed by atoms with van der Waals surface area (Å²) >= 11 is 1.24. The van der Waals surface area contributed by atoms with Gasteiger partial charge in [0.15, 0.2) is 6.20 Å². The Bertz CT molecular complexity index is 396. The first-order valence-electron chi connectivity index (χ1n) is 3.23. The van der Waals surface area contributed by atoms with Crippen molar-refractivity contribution >= 4 is 21.7 Å². The van der Waals surface area contributed by atoms with Gasteiger partial charge in [0.25, 0.3) is 4.83 Å². The Morgan fingerprint density at radius 2 is 2.45 bits per heavy atom. The number of rotatable bonds is 0. The highest BCUT2D eigenvalue weighted by Crippen LogP contribution is 2.16. The van der Waals surface area contributed by atoms with Gasteiger partial charge in [-0.2, -0.15) is 9.10 Å². The van der Waals surface area contributed by atoms with Crippen LogP contribution in [0.4, 0.5) is 0 Å². The summed E-state index contributed by atoms with van der Waals surface area (Å²) < 4.78 is 4.92. The summed E-state index contributed by atoms with van der Waals surface area (Å²) in [6, 6.07) is 3.64. The van der Waals surface area contributed by atoms with Crippen LogP contribution in [0.25, 0.3) is 10.2 Å². The van der Waals surface area contributed by atoms with Gasteiger partial charge in [-0.1, -0.05) is 0 Å². The summed E-state index contributed by atoms with van der Waals surface area (Å²) in [7, 11) is 0. The monoisotopic (exact) mass is 166 g/mol. The quantitative estimate of drug-likeness (QED) is 0.436. The molecule has 0 atom stereocenters. The average Bonchev–Trinajstić information content (AvgIpc) is 2.35. The van der Waals surface area contributed by atoms with Gasteiger partial charge in [0.05, 0.1) is 11.1 Å². The normalized spacial score (nSPS) is 10.6. The van der Waals surface area contributed by atoms with Crippen LogP contribution >= 0.6 is 11.5 Å². The molecule has 56 valence electrons. The lowest BCUT2D eigenvalue weighted by atomic mass is 10.3. The minimum atomic E-state index is 0.685. The van der Waals surface area contributed by atoms with Gasteiger partial charge in [0.2, 0.25) is 0 Å². The van der Waals surface area contributed by atoms with Crippen molar-refractivity contribution in [2.24, 2.45) is 0 Å². The molecule has 2 aromatic heterocycles. The molecule has 0 saturated heterocycles. The summed E-state index contributed by atoms with van der Waals surface area (Å²) in [5.41, 5.74) is 0.926. The predicted molar refractivity (Wildman–Crippen MR) is 43.3 cm³/mol. The summed E-state index contributed by atoms with van der Waals surface area (Å²) in [5.74, 6) is 0. The van der Waals surface area contributed by atoms with E-state index in [0.717, 1.165) is 15.8 Å². The summed E-state index contributed by atoms with van der Waals surface area (Å²) in [6.07, 6.45) is 1.49. The zero-order valence-electron chi connectivity index (χ0n) is 5.94. The second kappa shape index (κ2) is 2.17. The fourth-order valence-corrected chi connectivity index (χ4v) is 1.78. The van der Waals surface area contributed by atoms with Crippen molar-refractivity contribution in [3.63, 3.8) is 0 Å². The Labute approximate surface area is 67.7 Å². The standard InChI is InChI=1S/C7H6N2OS/c1-5-6-3-2-4-9(10)7(6)11-8-5/h2-4H,1H3. The maximum absolute atomic E-state index is 11.1. The number of pyridine rings is 1. The van der Waals surface area contributed by atoms with Crippen LogP contribution in [0.5, 0.6) is 0 Å². The van der Waals surface area contributed by atoms with Crippen molar-refractivity contribution in [3.05, 3.63) is 29.2 Å². The average molecular weight is 166 g/mol. The Hall–Kier alpha value is -1.16. The number of fused-ring (bicyclic) bond motifs is 1. The number of nitrogens with zero attached hydrogens (tertiary/aromatic N) is 2. The Morgan fingerprint density at radius 1 is 1.64 bits per heavy atom. The molecule has 2 heterocycles. The Balaban J connectivity index is 2.94. The van der Waals surface area contributed by atoms with E-state index in [4.69, 9.17) is 0 Å².